The van der Waals surface area contributed by atoms with Gasteiger partial charge in [-0.1, -0.05) is 6.07 Å². The van der Waals surface area contributed by atoms with E-state index in [-0.39, 0.29) is 12.0 Å². The van der Waals surface area contributed by atoms with E-state index in [0.717, 1.165) is 25.0 Å². The molecule has 1 aromatic rings. The van der Waals surface area contributed by atoms with E-state index in [9.17, 15) is 4.79 Å². The predicted octanol–water partition coefficient (Wildman–Crippen LogP) is 2.22. The number of likely N-dealkylation sites (N-methyl/N-ethyl adjacent to an activating group) is 1. The van der Waals surface area contributed by atoms with Crippen molar-refractivity contribution in [1.82, 2.24) is 4.90 Å². The Morgan fingerprint density at radius 3 is 2.95 bits per heavy atom. The number of carbonyl (C=O) groups excluding carboxylic acids is 1. The highest BCUT2D eigenvalue weighted by Crippen LogP contribution is 2.18. The lowest BCUT2D eigenvalue weighted by molar-refractivity contribution is -0.000200. The normalized spacial score (nSPS) is 19.2. The molecule has 0 radical (unpaired) electrons. The van der Waals surface area contributed by atoms with Gasteiger partial charge in [0.15, 0.2) is 0 Å². The maximum atomic E-state index is 12.4. The molecule has 0 bridgehead atoms. The van der Waals surface area contributed by atoms with Crippen molar-refractivity contribution in [2.45, 2.75) is 32.3 Å². The molecular formula is C15H22N2O2. The molecule has 1 heterocycles. The Labute approximate surface area is 114 Å². The fourth-order valence-corrected chi connectivity index (χ4v) is 2.43. The maximum Gasteiger partial charge on any atom is 0.254 e. The van der Waals surface area contributed by atoms with E-state index >= 15 is 0 Å². The van der Waals surface area contributed by atoms with Crippen LogP contribution in [0.4, 0.5) is 5.69 Å². The van der Waals surface area contributed by atoms with Crippen LogP contribution in [0.15, 0.2) is 18.2 Å². The van der Waals surface area contributed by atoms with Crippen LogP contribution in [-0.4, -0.2) is 37.1 Å². The van der Waals surface area contributed by atoms with Gasteiger partial charge in [0, 0.05) is 31.5 Å². The number of nitrogen functional groups attached to an aromatic ring is 1. The molecule has 0 aliphatic carbocycles. The molecule has 1 aromatic carbocycles. The van der Waals surface area contributed by atoms with Crippen LogP contribution in [0.3, 0.4) is 0 Å². The van der Waals surface area contributed by atoms with Gasteiger partial charge in [-0.15, -0.1) is 0 Å². The molecule has 1 fully saturated rings. The molecule has 0 saturated carbocycles. The van der Waals surface area contributed by atoms with E-state index in [2.05, 4.69) is 0 Å². The summed E-state index contributed by atoms with van der Waals surface area (Å²) < 4.78 is 5.67. The minimum atomic E-state index is 0.0129. The minimum Gasteiger partial charge on any atom is -0.398 e. The first-order valence-corrected chi connectivity index (χ1v) is 6.81. The average molecular weight is 262 g/mol. The Hall–Kier alpha value is -1.55. The molecule has 4 nitrogen and oxygen atoms in total. The van der Waals surface area contributed by atoms with Gasteiger partial charge in [-0.3, -0.25) is 4.79 Å². The van der Waals surface area contributed by atoms with Gasteiger partial charge in [0.05, 0.1) is 6.10 Å². The van der Waals surface area contributed by atoms with Gasteiger partial charge < -0.3 is 15.4 Å². The standard InChI is InChI=1S/C15H22N2O2/c1-11-13(7-5-8-14(11)16)15(18)17(2)10-12-6-3-4-9-19-12/h5,7-8,12H,3-4,6,9-10,16H2,1-2H3. The number of benzene rings is 1. The first-order chi connectivity index (χ1) is 9.09. The topological polar surface area (TPSA) is 55.6 Å². The van der Waals surface area contributed by atoms with Gasteiger partial charge >= 0.3 is 0 Å². The van der Waals surface area contributed by atoms with Crippen LogP contribution < -0.4 is 5.73 Å². The predicted molar refractivity (Wildman–Crippen MR) is 76.1 cm³/mol. The largest absolute Gasteiger partial charge is 0.398 e. The molecule has 4 heteroatoms. The number of nitrogens with zero attached hydrogens (tertiary/aromatic N) is 1. The highest BCUT2D eigenvalue weighted by atomic mass is 16.5. The molecule has 104 valence electrons. The smallest absolute Gasteiger partial charge is 0.254 e. The van der Waals surface area contributed by atoms with Gasteiger partial charge in [-0.05, 0) is 43.9 Å². The summed E-state index contributed by atoms with van der Waals surface area (Å²) in [6.45, 7) is 3.34. The quantitative estimate of drug-likeness (QED) is 0.850. The zero-order valence-electron chi connectivity index (χ0n) is 11.7. The van der Waals surface area contributed by atoms with E-state index in [1.165, 1.54) is 6.42 Å². The third kappa shape index (κ3) is 3.26. The summed E-state index contributed by atoms with van der Waals surface area (Å²) in [4.78, 5) is 14.1. The van der Waals surface area contributed by atoms with Gasteiger partial charge in [0.25, 0.3) is 5.91 Å². The number of nitrogens with two attached hydrogens (primary N) is 1. The van der Waals surface area contributed by atoms with Crippen molar-refractivity contribution in [2.75, 3.05) is 25.9 Å². The molecule has 1 unspecified atom stereocenters. The SMILES string of the molecule is Cc1c(N)cccc1C(=O)N(C)CC1CCCCO1. The number of rotatable bonds is 3. The van der Waals surface area contributed by atoms with E-state index in [1.54, 1.807) is 4.90 Å². The minimum absolute atomic E-state index is 0.0129. The van der Waals surface area contributed by atoms with E-state index < -0.39 is 0 Å². The fourth-order valence-electron chi connectivity index (χ4n) is 2.43. The molecule has 0 spiro atoms. The molecule has 2 N–H and O–H groups in total. The molecule has 19 heavy (non-hydrogen) atoms. The second-order valence-corrected chi connectivity index (χ2v) is 5.19. The number of amides is 1. The van der Waals surface area contributed by atoms with Crippen molar-refractivity contribution in [3.05, 3.63) is 29.3 Å². The number of anilines is 1. The van der Waals surface area contributed by atoms with E-state index in [1.807, 2.05) is 32.2 Å². The van der Waals surface area contributed by atoms with Crippen molar-refractivity contribution in [2.24, 2.45) is 0 Å². The van der Waals surface area contributed by atoms with Crippen LogP contribution in [0, 0.1) is 6.92 Å². The number of hydrogen-bond acceptors (Lipinski definition) is 3. The summed E-state index contributed by atoms with van der Waals surface area (Å²) in [5, 5.41) is 0. The average Bonchev–Trinajstić information content (AvgIpc) is 2.42. The number of carbonyl (C=O) groups is 1. The molecular weight excluding hydrogens is 240 g/mol. The Bertz CT molecular complexity index is 453. The summed E-state index contributed by atoms with van der Waals surface area (Å²) in [7, 11) is 1.82. The first-order valence-electron chi connectivity index (χ1n) is 6.81. The third-order valence-corrected chi connectivity index (χ3v) is 3.70. The third-order valence-electron chi connectivity index (χ3n) is 3.70. The van der Waals surface area contributed by atoms with Crippen molar-refractivity contribution in [3.8, 4) is 0 Å². The van der Waals surface area contributed by atoms with Crippen LogP contribution in [0.2, 0.25) is 0 Å². The van der Waals surface area contributed by atoms with Crippen molar-refractivity contribution in [1.29, 1.82) is 0 Å². The Balaban J connectivity index is 2.03. The molecule has 0 aromatic heterocycles. The lowest BCUT2D eigenvalue weighted by Crippen LogP contribution is -2.37. The summed E-state index contributed by atoms with van der Waals surface area (Å²) in [5.74, 6) is 0.0129. The van der Waals surface area contributed by atoms with E-state index in [0.29, 0.717) is 17.8 Å². The van der Waals surface area contributed by atoms with E-state index in [4.69, 9.17) is 10.5 Å². The zero-order valence-corrected chi connectivity index (χ0v) is 11.7. The summed E-state index contributed by atoms with van der Waals surface area (Å²) in [6.07, 6.45) is 3.52. The highest BCUT2D eigenvalue weighted by molar-refractivity contribution is 5.96. The van der Waals surface area contributed by atoms with Gasteiger partial charge in [-0.25, -0.2) is 0 Å². The van der Waals surface area contributed by atoms with Crippen molar-refractivity contribution >= 4 is 11.6 Å². The molecule has 2 rings (SSSR count). The second kappa shape index (κ2) is 6.06. The van der Waals surface area contributed by atoms with Crippen LogP contribution in [-0.2, 0) is 4.74 Å². The van der Waals surface area contributed by atoms with Gasteiger partial charge in [-0.2, -0.15) is 0 Å². The monoisotopic (exact) mass is 262 g/mol. The van der Waals surface area contributed by atoms with Crippen LogP contribution in [0.1, 0.15) is 35.2 Å². The van der Waals surface area contributed by atoms with Gasteiger partial charge in [0.1, 0.15) is 0 Å². The van der Waals surface area contributed by atoms with Crippen molar-refractivity contribution < 1.29 is 9.53 Å². The van der Waals surface area contributed by atoms with Crippen LogP contribution >= 0.6 is 0 Å². The Morgan fingerprint density at radius 2 is 2.26 bits per heavy atom. The first kappa shape index (κ1) is 13.9. The van der Waals surface area contributed by atoms with Crippen LogP contribution in [0.5, 0.6) is 0 Å². The molecule has 1 amide bonds. The molecule has 1 aliphatic rings. The van der Waals surface area contributed by atoms with Crippen molar-refractivity contribution in [3.63, 3.8) is 0 Å². The Kier molecular flexibility index (Phi) is 4.43. The molecule has 1 atom stereocenters. The lowest BCUT2D eigenvalue weighted by Gasteiger charge is -2.27. The summed E-state index contributed by atoms with van der Waals surface area (Å²) in [6, 6.07) is 5.46. The second-order valence-electron chi connectivity index (χ2n) is 5.19. The fraction of sp³-hybridized carbons (Fsp3) is 0.533. The Morgan fingerprint density at radius 1 is 1.47 bits per heavy atom. The number of ether oxygens (including phenoxy) is 1. The molecule has 1 saturated heterocycles. The highest BCUT2D eigenvalue weighted by Gasteiger charge is 2.20. The summed E-state index contributed by atoms with van der Waals surface area (Å²) >= 11 is 0. The summed E-state index contributed by atoms with van der Waals surface area (Å²) in [5.41, 5.74) is 8.04. The zero-order chi connectivity index (χ0) is 13.8. The molecule has 1 aliphatic heterocycles. The van der Waals surface area contributed by atoms with Gasteiger partial charge in [0.2, 0.25) is 0 Å². The lowest BCUT2D eigenvalue weighted by atomic mass is 10.0. The maximum absolute atomic E-state index is 12.4. The van der Waals surface area contributed by atoms with Crippen LogP contribution in [0.25, 0.3) is 0 Å². The number of hydrogen-bond donors (Lipinski definition) is 1.